The van der Waals surface area contributed by atoms with Crippen molar-refractivity contribution in [2.75, 3.05) is 6.61 Å². The van der Waals surface area contributed by atoms with E-state index in [-0.39, 0.29) is 23.3 Å². The van der Waals surface area contributed by atoms with E-state index in [1.165, 1.54) is 0 Å². The molecule has 0 bridgehead atoms. The van der Waals surface area contributed by atoms with Crippen molar-refractivity contribution in [3.05, 3.63) is 22.7 Å². The second kappa shape index (κ2) is 6.26. The molecular formula is C21H37BO5. The van der Waals surface area contributed by atoms with Gasteiger partial charge in [0.05, 0.1) is 17.0 Å². The molecule has 1 saturated heterocycles. The average Bonchev–Trinajstić information content (AvgIpc) is 2.74. The van der Waals surface area contributed by atoms with Crippen LogP contribution in [0.5, 0.6) is 0 Å². The van der Waals surface area contributed by atoms with E-state index in [0.29, 0.717) is 11.1 Å². The number of aliphatic hydroxyl groups is 3. The molecule has 0 aromatic rings. The van der Waals surface area contributed by atoms with Gasteiger partial charge in [-0.3, -0.25) is 0 Å². The Bertz CT molecular complexity index is 667. The van der Waals surface area contributed by atoms with Crippen LogP contribution >= 0.6 is 0 Å². The summed E-state index contributed by atoms with van der Waals surface area (Å²) in [6.07, 6.45) is 0.194. The maximum Gasteiger partial charge on any atom is 0.465 e. The van der Waals surface area contributed by atoms with Gasteiger partial charge in [0, 0.05) is 17.5 Å². The van der Waals surface area contributed by atoms with Crippen molar-refractivity contribution in [1.29, 1.82) is 0 Å². The number of aliphatic hydroxyl groups excluding tert-OH is 3. The zero-order chi connectivity index (χ0) is 21.2. The maximum absolute atomic E-state index is 11.2. The lowest BCUT2D eigenvalue weighted by Crippen LogP contribution is -2.41. The molecule has 0 spiro atoms. The van der Waals surface area contributed by atoms with Crippen LogP contribution in [0.25, 0.3) is 0 Å². The van der Waals surface area contributed by atoms with Crippen molar-refractivity contribution in [3.63, 3.8) is 0 Å². The molecule has 2 aliphatic rings. The molecular weight excluding hydrogens is 343 g/mol. The lowest BCUT2D eigenvalue weighted by atomic mass is 9.60. The summed E-state index contributed by atoms with van der Waals surface area (Å²) in [7, 11) is -0.567. The standard InChI is InChI=1S/C21H37BO5/c1-17(2)15(16(14(25)12-23)18(3,4)19(17,5)6)13(24)11-22-26-20(7,8)21(9,10)27-22/h23-25H,11-12H2,1-10H3/b15-13-,16-14-. The first-order chi connectivity index (χ1) is 11.9. The Balaban J connectivity index is 2.56. The van der Waals surface area contributed by atoms with Gasteiger partial charge in [-0.25, -0.2) is 0 Å². The lowest BCUT2D eigenvalue weighted by molar-refractivity contribution is 0.00578. The Kier molecular flexibility index (Phi) is 5.18. The molecule has 0 amide bonds. The predicted octanol–water partition coefficient (Wildman–Crippen LogP) is 4.79. The number of rotatable bonds is 3. The van der Waals surface area contributed by atoms with Crippen LogP contribution in [0.1, 0.15) is 69.2 Å². The molecule has 5 nitrogen and oxygen atoms in total. The summed E-state index contributed by atoms with van der Waals surface area (Å²) >= 11 is 0. The summed E-state index contributed by atoms with van der Waals surface area (Å²) in [5.41, 5.74) is -0.785. The second-order valence-corrected chi connectivity index (χ2v) is 10.6. The number of hydrogen-bond donors (Lipinski definition) is 3. The van der Waals surface area contributed by atoms with Crippen molar-refractivity contribution in [1.82, 2.24) is 0 Å². The fourth-order valence-electron chi connectivity index (χ4n) is 4.43. The van der Waals surface area contributed by atoms with Crippen molar-refractivity contribution < 1.29 is 24.6 Å². The summed E-state index contributed by atoms with van der Waals surface area (Å²) in [6.45, 7) is 20.0. The molecule has 154 valence electrons. The smallest absolute Gasteiger partial charge is 0.465 e. The van der Waals surface area contributed by atoms with Gasteiger partial charge in [-0.05, 0) is 43.9 Å². The highest BCUT2D eigenvalue weighted by Crippen LogP contribution is 2.68. The third-order valence-electron chi connectivity index (χ3n) is 8.01. The SMILES string of the molecule is CC1(C)OB(C/C(O)=C2\C(=C(\O)CO)C(C)(C)C(C)(C)C2(C)C)OC1(C)C. The van der Waals surface area contributed by atoms with E-state index in [1.54, 1.807) is 0 Å². The summed E-state index contributed by atoms with van der Waals surface area (Å²) in [5, 5.41) is 31.3. The van der Waals surface area contributed by atoms with Crippen LogP contribution in [0, 0.1) is 16.2 Å². The highest BCUT2D eigenvalue weighted by molar-refractivity contribution is 6.46. The third-order valence-corrected chi connectivity index (χ3v) is 8.01. The van der Waals surface area contributed by atoms with Gasteiger partial charge in [0.1, 0.15) is 12.4 Å². The van der Waals surface area contributed by atoms with Crippen LogP contribution in [0.2, 0.25) is 6.32 Å². The highest BCUT2D eigenvalue weighted by atomic mass is 16.7. The Morgan fingerprint density at radius 2 is 1.11 bits per heavy atom. The van der Waals surface area contributed by atoms with E-state index < -0.39 is 35.8 Å². The molecule has 27 heavy (non-hydrogen) atoms. The highest BCUT2D eigenvalue weighted by Gasteiger charge is 2.61. The largest absolute Gasteiger partial charge is 0.513 e. The van der Waals surface area contributed by atoms with E-state index in [2.05, 4.69) is 27.7 Å². The Hall–Kier alpha value is -0.975. The minimum Gasteiger partial charge on any atom is -0.513 e. The van der Waals surface area contributed by atoms with E-state index in [0.717, 1.165) is 0 Å². The second-order valence-electron chi connectivity index (χ2n) is 10.6. The van der Waals surface area contributed by atoms with Gasteiger partial charge in [0.15, 0.2) is 0 Å². The molecule has 1 saturated carbocycles. The molecule has 0 aromatic carbocycles. The minimum absolute atomic E-state index is 0.0888. The Labute approximate surface area is 164 Å². The van der Waals surface area contributed by atoms with Gasteiger partial charge in [0.2, 0.25) is 0 Å². The third kappa shape index (κ3) is 3.04. The van der Waals surface area contributed by atoms with Crippen LogP contribution < -0.4 is 0 Å². The Morgan fingerprint density at radius 3 is 1.48 bits per heavy atom. The normalized spacial score (nSPS) is 31.1. The quantitative estimate of drug-likeness (QED) is 0.485. The zero-order valence-corrected chi connectivity index (χ0v) is 18.6. The average molecular weight is 380 g/mol. The molecule has 1 aliphatic heterocycles. The van der Waals surface area contributed by atoms with Crippen molar-refractivity contribution in [3.8, 4) is 0 Å². The fraction of sp³-hybridized carbons (Fsp3) is 0.810. The first kappa shape index (κ1) is 22.3. The topological polar surface area (TPSA) is 79.2 Å². The molecule has 0 radical (unpaired) electrons. The summed E-state index contributed by atoms with van der Waals surface area (Å²) in [5.74, 6) is 0.0567. The molecule has 3 N–H and O–H groups in total. The summed E-state index contributed by atoms with van der Waals surface area (Å²) in [6, 6.07) is 0. The summed E-state index contributed by atoms with van der Waals surface area (Å²) in [4.78, 5) is 0. The first-order valence-corrected chi connectivity index (χ1v) is 9.76. The number of hydrogen-bond acceptors (Lipinski definition) is 5. The van der Waals surface area contributed by atoms with Gasteiger partial charge in [-0.15, -0.1) is 0 Å². The van der Waals surface area contributed by atoms with Crippen LogP contribution in [0.3, 0.4) is 0 Å². The summed E-state index contributed by atoms with van der Waals surface area (Å²) < 4.78 is 12.1. The van der Waals surface area contributed by atoms with Crippen molar-refractivity contribution in [2.24, 2.45) is 16.2 Å². The minimum atomic E-state index is -0.567. The predicted molar refractivity (Wildman–Crippen MR) is 109 cm³/mol. The van der Waals surface area contributed by atoms with Crippen LogP contribution in [0.15, 0.2) is 22.7 Å². The molecule has 1 aliphatic carbocycles. The fourth-order valence-corrected chi connectivity index (χ4v) is 4.43. The zero-order valence-electron chi connectivity index (χ0n) is 18.6. The maximum atomic E-state index is 11.2. The monoisotopic (exact) mass is 380 g/mol. The molecule has 2 fully saturated rings. The van der Waals surface area contributed by atoms with Crippen LogP contribution in [0.4, 0.5) is 0 Å². The van der Waals surface area contributed by atoms with E-state index in [1.807, 2.05) is 41.5 Å². The lowest BCUT2D eigenvalue weighted by Gasteiger charge is -2.43. The van der Waals surface area contributed by atoms with Gasteiger partial charge in [-0.1, -0.05) is 41.5 Å². The van der Waals surface area contributed by atoms with Gasteiger partial charge in [-0.2, -0.15) is 0 Å². The molecule has 0 unspecified atom stereocenters. The molecule has 2 rings (SSSR count). The molecule has 0 aromatic heterocycles. The van der Waals surface area contributed by atoms with E-state index in [9.17, 15) is 15.3 Å². The van der Waals surface area contributed by atoms with Gasteiger partial charge < -0.3 is 24.6 Å². The first-order valence-electron chi connectivity index (χ1n) is 9.76. The molecule has 6 heteroatoms. The number of allylic oxidation sites excluding steroid dienone is 3. The van der Waals surface area contributed by atoms with Crippen molar-refractivity contribution in [2.45, 2.75) is 86.8 Å². The van der Waals surface area contributed by atoms with E-state index >= 15 is 0 Å². The Morgan fingerprint density at radius 1 is 0.741 bits per heavy atom. The van der Waals surface area contributed by atoms with E-state index in [4.69, 9.17) is 9.31 Å². The molecule has 1 heterocycles. The van der Waals surface area contributed by atoms with Crippen LogP contribution in [-0.2, 0) is 9.31 Å². The van der Waals surface area contributed by atoms with Crippen LogP contribution in [-0.4, -0.2) is 40.2 Å². The van der Waals surface area contributed by atoms with Crippen molar-refractivity contribution >= 4 is 7.12 Å². The van der Waals surface area contributed by atoms with Gasteiger partial charge >= 0.3 is 7.12 Å². The molecule has 0 atom stereocenters. The van der Waals surface area contributed by atoms with Gasteiger partial charge in [0.25, 0.3) is 0 Å².